The van der Waals surface area contributed by atoms with Gasteiger partial charge >= 0.3 is 0 Å². The zero-order valence-corrected chi connectivity index (χ0v) is 16.7. The second-order valence-electron chi connectivity index (χ2n) is 8.36. The average Bonchev–Trinajstić information content (AvgIpc) is 3.17. The highest BCUT2D eigenvalue weighted by Gasteiger charge is 2.46. The molecule has 2 atom stereocenters. The van der Waals surface area contributed by atoms with Crippen LogP contribution in [0.4, 0.5) is 4.39 Å². The normalized spacial score (nSPS) is 25.5. The van der Waals surface area contributed by atoms with Crippen molar-refractivity contribution in [1.29, 1.82) is 0 Å². The smallest absolute Gasteiger partial charge is 0.105 e. The average molecular weight is 418 g/mol. The monoisotopic (exact) mass is 418 g/mol. The zero-order chi connectivity index (χ0) is 16.4. The Labute approximate surface area is 150 Å². The van der Waals surface area contributed by atoms with E-state index < -0.39 is 5.67 Å². The van der Waals surface area contributed by atoms with Crippen LogP contribution in [0.3, 0.4) is 0 Å². The Bertz CT molecular complexity index is 425. The Morgan fingerprint density at radius 2 is 2.18 bits per heavy atom. The summed E-state index contributed by atoms with van der Waals surface area (Å²) in [6, 6.07) is 0. The summed E-state index contributed by atoms with van der Waals surface area (Å²) >= 11 is 2.59. The number of rotatable bonds is 8. The van der Waals surface area contributed by atoms with Crippen molar-refractivity contribution in [3.8, 4) is 0 Å². The van der Waals surface area contributed by atoms with Crippen molar-refractivity contribution in [2.24, 2.45) is 11.3 Å². The van der Waals surface area contributed by atoms with E-state index in [2.05, 4.69) is 42.2 Å². The van der Waals surface area contributed by atoms with Crippen LogP contribution in [0.15, 0.2) is 23.8 Å². The van der Waals surface area contributed by atoms with Gasteiger partial charge in [0.1, 0.15) is 5.67 Å². The van der Waals surface area contributed by atoms with Crippen LogP contribution in [0.1, 0.15) is 78.6 Å². The molecule has 2 rings (SSSR count). The minimum absolute atomic E-state index is 0.538. The van der Waals surface area contributed by atoms with Gasteiger partial charge in [-0.05, 0) is 83.0 Å². The van der Waals surface area contributed by atoms with Crippen molar-refractivity contribution in [2.75, 3.05) is 0 Å². The van der Waals surface area contributed by atoms with Crippen molar-refractivity contribution in [3.05, 3.63) is 23.8 Å². The molecule has 0 aliphatic heterocycles. The fraction of sp³-hybridized carbons (Fsp3) is 0.800. The zero-order valence-electron chi connectivity index (χ0n) is 14.6. The van der Waals surface area contributed by atoms with E-state index >= 15 is 0 Å². The summed E-state index contributed by atoms with van der Waals surface area (Å²) in [5.74, 6) is 0.677. The summed E-state index contributed by atoms with van der Waals surface area (Å²) in [6.07, 6.45) is 13.1. The summed E-state index contributed by atoms with van der Waals surface area (Å²) in [4.78, 5) is 0. The minimum Gasteiger partial charge on any atom is -0.244 e. The summed E-state index contributed by atoms with van der Waals surface area (Å²) in [6.45, 7) is 9.88. The summed E-state index contributed by atoms with van der Waals surface area (Å²) in [5.41, 5.74) is 2.46. The van der Waals surface area contributed by atoms with Crippen LogP contribution < -0.4 is 0 Å². The lowest BCUT2D eigenvalue weighted by atomic mass is 9.79. The van der Waals surface area contributed by atoms with Gasteiger partial charge in [0.2, 0.25) is 0 Å². The Morgan fingerprint density at radius 1 is 1.50 bits per heavy atom. The highest BCUT2D eigenvalue weighted by atomic mass is 127. The molecular formula is C20H32FI. The van der Waals surface area contributed by atoms with E-state index in [4.69, 9.17) is 0 Å². The van der Waals surface area contributed by atoms with E-state index in [1.807, 2.05) is 0 Å². The Hall–Kier alpha value is 0.140. The van der Waals surface area contributed by atoms with Crippen molar-refractivity contribution < 1.29 is 4.39 Å². The van der Waals surface area contributed by atoms with Gasteiger partial charge in [-0.1, -0.05) is 53.3 Å². The van der Waals surface area contributed by atoms with Gasteiger partial charge in [-0.2, -0.15) is 0 Å². The first-order valence-electron chi connectivity index (χ1n) is 8.89. The van der Waals surface area contributed by atoms with Crippen LogP contribution in [0.5, 0.6) is 0 Å². The van der Waals surface area contributed by atoms with E-state index in [-0.39, 0.29) is 0 Å². The van der Waals surface area contributed by atoms with Crippen LogP contribution >= 0.6 is 22.6 Å². The fourth-order valence-corrected chi connectivity index (χ4v) is 4.46. The number of alkyl halides is 2. The van der Waals surface area contributed by atoms with Crippen molar-refractivity contribution in [3.63, 3.8) is 0 Å². The number of hydrogen-bond acceptors (Lipinski definition) is 0. The quantitative estimate of drug-likeness (QED) is 0.222. The summed E-state index contributed by atoms with van der Waals surface area (Å²) in [5, 5.41) is 0. The molecule has 1 fully saturated rings. The first-order valence-corrected chi connectivity index (χ1v) is 10.1. The van der Waals surface area contributed by atoms with E-state index in [9.17, 15) is 4.39 Å². The van der Waals surface area contributed by atoms with Crippen LogP contribution in [0.25, 0.3) is 0 Å². The SMILES string of the molecule is C=C(CCC(C)(C)F)C[C@@H](C)CC1(C2=CC[C@H](I)CC2)CC1. The van der Waals surface area contributed by atoms with Gasteiger partial charge in [0.05, 0.1) is 0 Å². The maximum atomic E-state index is 13.6. The van der Waals surface area contributed by atoms with Gasteiger partial charge in [0.15, 0.2) is 0 Å². The topological polar surface area (TPSA) is 0 Å². The molecule has 0 amide bonds. The van der Waals surface area contributed by atoms with Gasteiger partial charge in [0.25, 0.3) is 0 Å². The molecule has 0 saturated heterocycles. The molecule has 0 radical (unpaired) electrons. The van der Waals surface area contributed by atoms with Gasteiger partial charge < -0.3 is 0 Å². The van der Waals surface area contributed by atoms with Crippen LogP contribution in [-0.2, 0) is 0 Å². The maximum Gasteiger partial charge on any atom is 0.105 e. The molecule has 2 aliphatic rings. The van der Waals surface area contributed by atoms with E-state index in [0.717, 1.165) is 16.8 Å². The molecule has 1 saturated carbocycles. The Balaban J connectivity index is 1.79. The third-order valence-corrected chi connectivity index (χ3v) is 6.46. The minimum atomic E-state index is -1.06. The van der Waals surface area contributed by atoms with Crippen LogP contribution in [0, 0.1) is 11.3 Å². The fourth-order valence-electron chi connectivity index (χ4n) is 3.90. The second kappa shape index (κ2) is 7.36. The molecule has 0 nitrogen and oxygen atoms in total. The summed E-state index contributed by atoms with van der Waals surface area (Å²) < 4.78 is 14.4. The van der Waals surface area contributed by atoms with Crippen LogP contribution in [0.2, 0.25) is 0 Å². The third kappa shape index (κ3) is 5.65. The number of allylic oxidation sites excluding steroid dienone is 3. The Morgan fingerprint density at radius 3 is 2.68 bits per heavy atom. The molecule has 0 aromatic heterocycles. The number of hydrogen-bond donors (Lipinski definition) is 0. The summed E-state index contributed by atoms with van der Waals surface area (Å²) in [7, 11) is 0. The van der Waals surface area contributed by atoms with Crippen molar-refractivity contribution in [2.45, 2.75) is 88.2 Å². The molecule has 22 heavy (non-hydrogen) atoms. The standard InChI is InChI=1S/C20H32FI/c1-15(9-10-19(3,4)21)13-16(2)14-20(11-12-20)17-5-7-18(22)8-6-17/h5,16,18H,1,6-14H2,2-4H3/t16-,18+/m1/s1. The van der Waals surface area contributed by atoms with Gasteiger partial charge in [-0.3, -0.25) is 0 Å². The third-order valence-electron chi connectivity index (χ3n) is 5.33. The predicted molar refractivity (Wildman–Crippen MR) is 103 cm³/mol. The second-order valence-corrected chi connectivity index (χ2v) is 10.1. The lowest BCUT2D eigenvalue weighted by molar-refractivity contribution is 0.201. The van der Waals surface area contributed by atoms with E-state index in [0.29, 0.717) is 17.8 Å². The van der Waals surface area contributed by atoms with E-state index in [1.165, 1.54) is 44.1 Å². The Kier molecular flexibility index (Phi) is 6.18. The highest BCUT2D eigenvalue weighted by molar-refractivity contribution is 14.1. The maximum absolute atomic E-state index is 13.6. The first kappa shape index (κ1) is 18.5. The van der Waals surface area contributed by atoms with Crippen LogP contribution in [-0.4, -0.2) is 9.59 Å². The van der Waals surface area contributed by atoms with E-state index in [1.54, 1.807) is 19.4 Å². The van der Waals surface area contributed by atoms with Gasteiger partial charge in [-0.15, -0.1) is 0 Å². The molecular weight excluding hydrogens is 386 g/mol. The van der Waals surface area contributed by atoms with Crippen molar-refractivity contribution in [1.82, 2.24) is 0 Å². The molecule has 0 heterocycles. The molecule has 126 valence electrons. The molecule has 2 heteroatoms. The highest BCUT2D eigenvalue weighted by Crippen LogP contribution is 2.59. The molecule has 0 N–H and O–H groups in total. The lowest BCUT2D eigenvalue weighted by Crippen LogP contribution is -2.16. The molecule has 0 aromatic rings. The van der Waals surface area contributed by atoms with Gasteiger partial charge in [0, 0.05) is 3.92 Å². The molecule has 0 bridgehead atoms. The molecule has 2 aliphatic carbocycles. The lowest BCUT2D eigenvalue weighted by Gasteiger charge is -2.28. The number of halogens is 2. The van der Waals surface area contributed by atoms with Gasteiger partial charge in [-0.25, -0.2) is 4.39 Å². The predicted octanol–water partition coefficient (Wildman–Crippen LogP) is 7.18. The molecule has 0 aromatic carbocycles. The first-order chi connectivity index (χ1) is 10.2. The largest absolute Gasteiger partial charge is 0.244 e. The molecule has 0 unspecified atom stereocenters. The van der Waals surface area contributed by atoms with Crippen molar-refractivity contribution >= 4 is 22.6 Å². The molecule has 0 spiro atoms.